The van der Waals surface area contributed by atoms with Gasteiger partial charge >= 0.3 is 0 Å². The minimum Gasteiger partial charge on any atom is -0.155 e. The predicted octanol–water partition coefficient (Wildman–Crippen LogP) is 4.62. The molecule has 0 N–H and O–H groups in total. The van der Waals surface area contributed by atoms with E-state index in [1.807, 2.05) is 0 Å². The van der Waals surface area contributed by atoms with Gasteiger partial charge in [-0.2, -0.15) is 10.2 Å². The molecule has 0 bridgehead atoms. The third-order valence-corrected chi connectivity index (χ3v) is 4.33. The van der Waals surface area contributed by atoms with Crippen LogP contribution >= 0.6 is 0 Å². The van der Waals surface area contributed by atoms with Crippen molar-refractivity contribution in [3.8, 4) is 0 Å². The van der Waals surface area contributed by atoms with E-state index >= 15 is 0 Å². The summed E-state index contributed by atoms with van der Waals surface area (Å²) >= 11 is 0. The van der Waals surface area contributed by atoms with Crippen LogP contribution in [0.1, 0.15) is 59.0 Å². The number of rotatable bonds is 4. The van der Waals surface area contributed by atoms with Crippen LogP contribution in [0.2, 0.25) is 0 Å². The van der Waals surface area contributed by atoms with Crippen LogP contribution in [0, 0.1) is 27.7 Å². The minimum atomic E-state index is 0.435. The molecule has 0 atom stereocenters. The third kappa shape index (κ3) is 3.49. The summed E-state index contributed by atoms with van der Waals surface area (Å²) in [5.74, 6) is 0.435. The molecule has 0 saturated carbocycles. The van der Waals surface area contributed by atoms with Crippen LogP contribution in [0.5, 0.6) is 0 Å². The lowest BCUT2D eigenvalue weighted by Gasteiger charge is -2.14. The zero-order valence-electron chi connectivity index (χ0n) is 14.1. The van der Waals surface area contributed by atoms with Crippen LogP contribution in [0.3, 0.4) is 0 Å². The maximum atomic E-state index is 4.47. The van der Waals surface area contributed by atoms with Gasteiger partial charge in [0.2, 0.25) is 0 Å². The molecule has 2 rings (SSSR count). The van der Waals surface area contributed by atoms with Crippen molar-refractivity contribution in [1.82, 2.24) is 10.2 Å². The maximum Gasteiger partial charge on any atom is 0.0688 e. The summed E-state index contributed by atoms with van der Waals surface area (Å²) in [6.45, 7) is 13.0. The molecule has 2 aromatic rings. The molecular formula is C19H26N2. The monoisotopic (exact) mass is 282 g/mol. The molecule has 0 fully saturated rings. The van der Waals surface area contributed by atoms with E-state index in [0.717, 1.165) is 24.2 Å². The zero-order chi connectivity index (χ0) is 15.6. The van der Waals surface area contributed by atoms with Crippen LogP contribution in [0.15, 0.2) is 18.2 Å². The number of aromatic nitrogens is 2. The molecule has 1 heterocycles. The number of hydrogen-bond donors (Lipinski definition) is 0. The van der Waals surface area contributed by atoms with Gasteiger partial charge in [0.05, 0.1) is 11.4 Å². The Bertz CT molecular complexity index is 642. The fraction of sp³-hybridized carbons (Fsp3) is 0.474. The van der Waals surface area contributed by atoms with Crippen molar-refractivity contribution in [1.29, 1.82) is 0 Å². The molecular weight excluding hydrogens is 256 g/mol. The SMILES string of the molecule is Cc1ccc(CCc2nnc(C(C)C)c(C)c2C)c(C)c1. The predicted molar refractivity (Wildman–Crippen MR) is 88.9 cm³/mol. The molecule has 0 aliphatic carbocycles. The lowest BCUT2D eigenvalue weighted by Crippen LogP contribution is -2.08. The van der Waals surface area contributed by atoms with E-state index in [9.17, 15) is 0 Å². The Labute approximate surface area is 128 Å². The van der Waals surface area contributed by atoms with Gasteiger partial charge in [-0.1, -0.05) is 37.6 Å². The zero-order valence-corrected chi connectivity index (χ0v) is 14.1. The number of hydrogen-bond acceptors (Lipinski definition) is 2. The van der Waals surface area contributed by atoms with Gasteiger partial charge in [-0.05, 0) is 68.7 Å². The van der Waals surface area contributed by atoms with E-state index in [0.29, 0.717) is 5.92 Å². The summed E-state index contributed by atoms with van der Waals surface area (Å²) in [5.41, 5.74) is 8.97. The highest BCUT2D eigenvalue weighted by molar-refractivity contribution is 5.34. The van der Waals surface area contributed by atoms with E-state index in [-0.39, 0.29) is 0 Å². The molecule has 2 nitrogen and oxygen atoms in total. The van der Waals surface area contributed by atoms with E-state index in [2.05, 4.69) is 69.9 Å². The Morgan fingerprint density at radius 2 is 1.62 bits per heavy atom. The molecule has 112 valence electrons. The number of benzene rings is 1. The Hall–Kier alpha value is -1.70. The fourth-order valence-corrected chi connectivity index (χ4v) is 2.84. The lowest BCUT2D eigenvalue weighted by atomic mass is 9.96. The molecule has 1 aromatic carbocycles. The average Bonchev–Trinajstić information content (AvgIpc) is 2.41. The molecule has 1 aromatic heterocycles. The smallest absolute Gasteiger partial charge is 0.0688 e. The third-order valence-electron chi connectivity index (χ3n) is 4.33. The second-order valence-corrected chi connectivity index (χ2v) is 6.37. The highest BCUT2D eigenvalue weighted by Crippen LogP contribution is 2.21. The standard InChI is InChI=1S/C19H26N2/c1-12(2)19-16(6)15(5)18(20-21-19)10-9-17-8-7-13(3)11-14(17)4/h7-8,11-12H,9-10H2,1-6H3. The van der Waals surface area contributed by atoms with Crippen LogP contribution in [-0.4, -0.2) is 10.2 Å². The molecule has 0 unspecified atom stereocenters. The lowest BCUT2D eigenvalue weighted by molar-refractivity contribution is 0.740. The molecule has 0 aliphatic heterocycles. The molecule has 2 heteroatoms. The van der Waals surface area contributed by atoms with Crippen molar-refractivity contribution >= 4 is 0 Å². The van der Waals surface area contributed by atoms with Crippen LogP contribution in [0.25, 0.3) is 0 Å². The quantitative estimate of drug-likeness (QED) is 0.817. The fourth-order valence-electron chi connectivity index (χ4n) is 2.84. The maximum absolute atomic E-state index is 4.47. The number of aryl methyl sites for hydroxylation is 4. The molecule has 0 saturated heterocycles. The van der Waals surface area contributed by atoms with Crippen molar-refractivity contribution in [2.75, 3.05) is 0 Å². The van der Waals surface area contributed by atoms with Crippen LogP contribution < -0.4 is 0 Å². The highest BCUT2D eigenvalue weighted by atomic mass is 15.1. The summed E-state index contributed by atoms with van der Waals surface area (Å²) in [4.78, 5) is 0. The Morgan fingerprint density at radius 3 is 2.24 bits per heavy atom. The first-order valence-electron chi connectivity index (χ1n) is 7.79. The molecule has 0 spiro atoms. The van der Waals surface area contributed by atoms with Gasteiger partial charge in [0.15, 0.2) is 0 Å². The summed E-state index contributed by atoms with van der Waals surface area (Å²) in [6.07, 6.45) is 1.99. The van der Waals surface area contributed by atoms with E-state index < -0.39 is 0 Å². The van der Waals surface area contributed by atoms with Crippen molar-refractivity contribution in [2.45, 2.75) is 60.3 Å². The van der Waals surface area contributed by atoms with Crippen molar-refractivity contribution in [3.63, 3.8) is 0 Å². The van der Waals surface area contributed by atoms with Crippen molar-refractivity contribution < 1.29 is 0 Å². The minimum absolute atomic E-state index is 0.435. The summed E-state index contributed by atoms with van der Waals surface area (Å²) in [6, 6.07) is 6.68. The summed E-state index contributed by atoms with van der Waals surface area (Å²) in [5, 5.41) is 8.91. The van der Waals surface area contributed by atoms with E-state index in [1.54, 1.807) is 0 Å². The topological polar surface area (TPSA) is 25.8 Å². The van der Waals surface area contributed by atoms with Gasteiger partial charge in [0.25, 0.3) is 0 Å². The Kier molecular flexibility index (Phi) is 4.76. The van der Waals surface area contributed by atoms with E-state index in [1.165, 1.54) is 27.8 Å². The largest absolute Gasteiger partial charge is 0.155 e. The van der Waals surface area contributed by atoms with Gasteiger partial charge in [-0.25, -0.2) is 0 Å². The van der Waals surface area contributed by atoms with Gasteiger partial charge in [0.1, 0.15) is 0 Å². The summed E-state index contributed by atoms with van der Waals surface area (Å²) in [7, 11) is 0. The second kappa shape index (κ2) is 6.38. The van der Waals surface area contributed by atoms with E-state index in [4.69, 9.17) is 0 Å². The second-order valence-electron chi connectivity index (χ2n) is 6.37. The summed E-state index contributed by atoms with van der Waals surface area (Å²) < 4.78 is 0. The molecule has 0 aliphatic rings. The van der Waals surface area contributed by atoms with Gasteiger partial charge in [-0.3, -0.25) is 0 Å². The van der Waals surface area contributed by atoms with Gasteiger partial charge < -0.3 is 0 Å². The average molecular weight is 282 g/mol. The normalized spacial score (nSPS) is 11.2. The molecule has 0 amide bonds. The Balaban J connectivity index is 2.19. The first kappa shape index (κ1) is 15.7. The molecule has 21 heavy (non-hydrogen) atoms. The van der Waals surface area contributed by atoms with Crippen LogP contribution in [0.4, 0.5) is 0 Å². The van der Waals surface area contributed by atoms with Crippen molar-refractivity contribution in [2.24, 2.45) is 0 Å². The highest BCUT2D eigenvalue weighted by Gasteiger charge is 2.12. The first-order chi connectivity index (χ1) is 9.90. The van der Waals surface area contributed by atoms with Gasteiger partial charge in [0, 0.05) is 0 Å². The first-order valence-corrected chi connectivity index (χ1v) is 7.79. The van der Waals surface area contributed by atoms with Crippen molar-refractivity contribution in [3.05, 3.63) is 57.4 Å². The van der Waals surface area contributed by atoms with Crippen LogP contribution in [-0.2, 0) is 12.8 Å². The number of nitrogens with zero attached hydrogens (tertiary/aromatic N) is 2. The Morgan fingerprint density at radius 1 is 0.905 bits per heavy atom. The molecule has 0 radical (unpaired) electrons. The van der Waals surface area contributed by atoms with Gasteiger partial charge in [-0.15, -0.1) is 0 Å².